The minimum Gasteiger partial charge on any atom is -0.264 e. The van der Waals surface area contributed by atoms with Crippen LogP contribution in [0, 0.1) is 0 Å². The zero-order chi connectivity index (χ0) is 6.57. The van der Waals surface area contributed by atoms with Crippen LogP contribution in [0.5, 0.6) is 0 Å². The van der Waals surface area contributed by atoms with Gasteiger partial charge in [-0.05, 0) is 6.66 Å². The summed E-state index contributed by atoms with van der Waals surface area (Å²) in [6.45, 7) is 1.78. The van der Waals surface area contributed by atoms with Gasteiger partial charge in [0.05, 0.1) is 6.21 Å². The second-order valence-corrected chi connectivity index (χ2v) is 4.79. The molecule has 0 spiro atoms. The van der Waals surface area contributed by atoms with Gasteiger partial charge in [0.15, 0.2) is 0 Å². The summed E-state index contributed by atoms with van der Waals surface area (Å²) in [6.07, 6.45) is -1.74. The lowest BCUT2D eigenvalue weighted by atomic mass is 10.8. The third-order valence-corrected chi connectivity index (χ3v) is 1.26. The summed E-state index contributed by atoms with van der Waals surface area (Å²) in [6, 6.07) is 0. The van der Waals surface area contributed by atoms with Crippen LogP contribution >= 0.6 is 16.7 Å². The van der Waals surface area contributed by atoms with Crippen molar-refractivity contribution in [2.45, 2.75) is 6.43 Å². The molecule has 0 heterocycles. The van der Waals surface area contributed by atoms with E-state index in [1.54, 1.807) is 6.66 Å². The summed E-state index contributed by atoms with van der Waals surface area (Å²) in [5, 5.41) is 0. The van der Waals surface area contributed by atoms with Gasteiger partial charge in [-0.15, -0.1) is 0 Å². The van der Waals surface area contributed by atoms with Crippen molar-refractivity contribution in [3.05, 3.63) is 0 Å². The third-order valence-electron chi connectivity index (χ3n) is 0.361. The number of alkyl halides is 2. The zero-order valence-electron chi connectivity index (χ0n) is 4.38. The molecule has 8 heavy (non-hydrogen) atoms. The molecular weight excluding hydrogens is 150 g/mol. The van der Waals surface area contributed by atoms with Crippen LogP contribution in [-0.4, -0.2) is 19.3 Å². The molecule has 0 rings (SSSR count). The van der Waals surface area contributed by atoms with Gasteiger partial charge in [0.25, 0.3) is 6.43 Å². The van der Waals surface area contributed by atoms with Crippen LogP contribution < -0.4 is 0 Å². The van der Waals surface area contributed by atoms with E-state index in [1.165, 1.54) is 0 Å². The van der Waals surface area contributed by atoms with Gasteiger partial charge in [-0.3, -0.25) is 4.76 Å². The first-order valence-electron chi connectivity index (χ1n) is 1.93. The Labute approximate surface area is 50.5 Å². The summed E-state index contributed by atoms with van der Waals surface area (Å²) < 4.78 is 26.0. The van der Waals surface area contributed by atoms with Crippen molar-refractivity contribution in [3.8, 4) is 0 Å². The lowest BCUT2D eigenvalue weighted by Gasteiger charge is -1.91. The molecule has 5 heteroatoms. The average molecular weight is 157 g/mol. The highest BCUT2D eigenvalue weighted by molar-refractivity contribution is 8.12. The average Bonchev–Trinajstić information content (AvgIpc) is 1.61. The monoisotopic (exact) mass is 157 g/mol. The maximum atomic E-state index is 11.2. The van der Waals surface area contributed by atoms with Crippen LogP contribution in [0.25, 0.3) is 0 Å². The van der Waals surface area contributed by atoms with Gasteiger partial charge in [-0.2, -0.15) is 0 Å². The number of hydrogen-bond donors (Lipinski definition) is 0. The van der Waals surface area contributed by atoms with Gasteiger partial charge in [-0.25, -0.2) is 8.78 Å². The molecule has 0 saturated heterocycles. The van der Waals surface area contributed by atoms with Crippen LogP contribution in [0.15, 0.2) is 4.76 Å². The van der Waals surface area contributed by atoms with Crippen LogP contribution in [0.3, 0.4) is 0 Å². The third kappa shape index (κ3) is 6.39. The molecule has 0 N–H and O–H groups in total. The molecule has 0 aliphatic heterocycles. The molecule has 0 aromatic carbocycles. The number of hydrogen-bond acceptors (Lipinski definition) is 1. The SMILES string of the molecule is CP(P)N=CC(F)F. The molecule has 2 atom stereocenters. The minimum atomic E-state index is -2.40. The Kier molecular flexibility index (Phi) is 4.50. The van der Waals surface area contributed by atoms with E-state index in [-0.39, 0.29) is 0 Å². The van der Waals surface area contributed by atoms with Crippen molar-refractivity contribution in [3.63, 3.8) is 0 Å². The predicted molar refractivity (Wildman–Crippen MR) is 37.1 cm³/mol. The highest BCUT2D eigenvalue weighted by Crippen LogP contribution is 2.40. The molecule has 0 fully saturated rings. The summed E-state index contributed by atoms with van der Waals surface area (Å²) >= 11 is 0. The number of nitrogens with zero attached hydrogens (tertiary/aromatic N) is 1. The van der Waals surface area contributed by atoms with Gasteiger partial charge in [-0.1, -0.05) is 8.93 Å². The van der Waals surface area contributed by atoms with Crippen molar-refractivity contribution in [2.75, 3.05) is 6.66 Å². The molecule has 0 aliphatic rings. The highest BCUT2D eigenvalue weighted by Gasteiger charge is 1.93. The predicted octanol–water partition coefficient (Wildman–Crippen LogP) is 2.14. The summed E-state index contributed by atoms with van der Waals surface area (Å²) in [7, 11) is 1.73. The minimum absolute atomic E-state index is 0.627. The lowest BCUT2D eigenvalue weighted by Crippen LogP contribution is -1.87. The molecule has 2 unspecified atom stereocenters. The molecular formula is C3H7F2NP2. The normalized spacial score (nSPS) is 15.6. The van der Waals surface area contributed by atoms with Gasteiger partial charge in [0.2, 0.25) is 0 Å². The Morgan fingerprint density at radius 3 is 2.38 bits per heavy atom. The zero-order valence-corrected chi connectivity index (χ0v) is 6.43. The standard InChI is InChI=1S/C3H7F2NP2/c1-8(7)6-2-3(4)5/h2-3H,7H2,1H3. The summed E-state index contributed by atoms with van der Waals surface area (Å²) in [5.74, 6) is 0. The second-order valence-electron chi connectivity index (χ2n) is 1.17. The molecule has 0 aromatic heterocycles. The number of halogens is 2. The quantitative estimate of drug-likeness (QED) is 0.430. The fourth-order valence-corrected chi connectivity index (χ4v) is 0.698. The van der Waals surface area contributed by atoms with E-state index in [1.807, 2.05) is 0 Å². The van der Waals surface area contributed by atoms with Crippen LogP contribution in [0.1, 0.15) is 0 Å². The molecule has 48 valence electrons. The Bertz CT molecular complexity index is 73.4. The van der Waals surface area contributed by atoms with E-state index in [0.29, 0.717) is 6.21 Å². The molecule has 0 radical (unpaired) electrons. The summed E-state index contributed by atoms with van der Waals surface area (Å²) in [4.78, 5) is 0. The van der Waals surface area contributed by atoms with Gasteiger partial charge < -0.3 is 0 Å². The van der Waals surface area contributed by atoms with Gasteiger partial charge in [0.1, 0.15) is 0 Å². The molecule has 0 bridgehead atoms. The van der Waals surface area contributed by atoms with Crippen LogP contribution in [0.2, 0.25) is 0 Å². The van der Waals surface area contributed by atoms with E-state index < -0.39 is 14.2 Å². The van der Waals surface area contributed by atoms with Gasteiger partial charge in [0, 0.05) is 7.76 Å². The van der Waals surface area contributed by atoms with Crippen LogP contribution in [-0.2, 0) is 0 Å². The first kappa shape index (κ1) is 8.39. The van der Waals surface area contributed by atoms with Gasteiger partial charge >= 0.3 is 0 Å². The van der Waals surface area contributed by atoms with Crippen molar-refractivity contribution in [1.82, 2.24) is 0 Å². The van der Waals surface area contributed by atoms with E-state index in [0.717, 1.165) is 0 Å². The topological polar surface area (TPSA) is 12.4 Å². The van der Waals surface area contributed by atoms with E-state index in [9.17, 15) is 8.78 Å². The lowest BCUT2D eigenvalue weighted by molar-refractivity contribution is 0.232. The molecule has 1 nitrogen and oxygen atoms in total. The van der Waals surface area contributed by atoms with E-state index >= 15 is 0 Å². The van der Waals surface area contributed by atoms with E-state index in [4.69, 9.17) is 0 Å². The fraction of sp³-hybridized carbons (Fsp3) is 0.667. The van der Waals surface area contributed by atoms with E-state index in [2.05, 4.69) is 13.7 Å². The molecule has 0 aromatic rings. The molecule has 0 amide bonds. The largest absolute Gasteiger partial charge is 0.273 e. The maximum Gasteiger partial charge on any atom is 0.273 e. The Morgan fingerprint density at radius 2 is 2.25 bits per heavy atom. The maximum absolute atomic E-state index is 11.2. The van der Waals surface area contributed by atoms with Crippen molar-refractivity contribution < 1.29 is 8.78 Å². The Morgan fingerprint density at radius 1 is 1.75 bits per heavy atom. The first-order valence-corrected chi connectivity index (χ1v) is 5.29. The van der Waals surface area contributed by atoms with Crippen LogP contribution in [0.4, 0.5) is 8.78 Å². The summed E-state index contributed by atoms with van der Waals surface area (Å²) in [5.41, 5.74) is 0. The number of rotatable bonds is 2. The van der Waals surface area contributed by atoms with Crippen molar-refractivity contribution in [1.29, 1.82) is 0 Å². The Balaban J connectivity index is 3.34. The Hall–Kier alpha value is 0.390. The smallest absolute Gasteiger partial charge is 0.264 e. The first-order chi connectivity index (χ1) is 3.63. The van der Waals surface area contributed by atoms with Crippen molar-refractivity contribution >= 4 is 22.9 Å². The highest BCUT2D eigenvalue weighted by atomic mass is 32.0. The van der Waals surface area contributed by atoms with Crippen molar-refractivity contribution in [2.24, 2.45) is 4.76 Å². The second kappa shape index (κ2) is 4.29. The molecule has 0 aliphatic carbocycles. The fourth-order valence-electron chi connectivity index (χ4n) is 0.156. The molecule has 0 saturated carbocycles.